The van der Waals surface area contributed by atoms with Gasteiger partial charge in [-0.1, -0.05) is 57.2 Å². The van der Waals surface area contributed by atoms with Crippen LogP contribution in [0.5, 0.6) is 0 Å². The summed E-state index contributed by atoms with van der Waals surface area (Å²) in [5.74, 6) is 1.06. The highest BCUT2D eigenvalue weighted by Crippen LogP contribution is 2.38. The van der Waals surface area contributed by atoms with Crippen molar-refractivity contribution in [3.63, 3.8) is 0 Å². The van der Waals surface area contributed by atoms with Gasteiger partial charge in [0.1, 0.15) is 5.69 Å². The normalized spacial score (nSPS) is 20.3. The van der Waals surface area contributed by atoms with Gasteiger partial charge in [-0.25, -0.2) is 4.63 Å². The molecule has 1 aliphatic heterocycles. The summed E-state index contributed by atoms with van der Waals surface area (Å²) in [5.41, 5.74) is 3.19. The quantitative estimate of drug-likeness (QED) is 0.543. The summed E-state index contributed by atoms with van der Waals surface area (Å²) >= 11 is 1.67. The second kappa shape index (κ2) is 8.73. The predicted octanol–water partition coefficient (Wildman–Crippen LogP) is 5.42. The van der Waals surface area contributed by atoms with E-state index in [2.05, 4.69) is 55.4 Å². The first kappa shape index (κ1) is 20.2. The van der Waals surface area contributed by atoms with Crippen molar-refractivity contribution in [2.24, 2.45) is 11.8 Å². The van der Waals surface area contributed by atoms with Crippen molar-refractivity contribution in [1.29, 1.82) is 0 Å². The van der Waals surface area contributed by atoms with Gasteiger partial charge in [0.2, 0.25) is 0 Å². The standard InChI is InChI=1S/C22H28N4O2S/c1-4-7-17-8-5-6-9-19(17)29-20-11-10-18(21-22(20)24-28-23-21)26(27)25-13-15(2)12-16(3)14-25/h5-6,8-11,15-16,27H,4,7,12-14H2,1-3H3. The van der Waals surface area contributed by atoms with E-state index in [1.54, 1.807) is 11.8 Å². The molecule has 2 atom stereocenters. The number of piperidine rings is 1. The Balaban J connectivity index is 1.64. The Hall–Kier alpha value is -2.09. The largest absolute Gasteiger partial charge is 0.273 e. The van der Waals surface area contributed by atoms with Crippen LogP contribution in [-0.4, -0.2) is 33.6 Å². The van der Waals surface area contributed by atoms with Gasteiger partial charge in [0.05, 0.1) is 0 Å². The molecule has 1 saturated heterocycles. The molecule has 0 bridgehead atoms. The van der Waals surface area contributed by atoms with Crippen molar-refractivity contribution in [1.82, 2.24) is 15.3 Å². The first-order chi connectivity index (χ1) is 14.1. The smallest absolute Gasteiger partial charge is 0.163 e. The highest BCUT2D eigenvalue weighted by atomic mass is 32.2. The number of fused-ring (bicyclic) bond motifs is 1. The van der Waals surface area contributed by atoms with E-state index in [9.17, 15) is 5.21 Å². The number of anilines is 1. The fraction of sp³-hybridized carbons (Fsp3) is 0.455. The van der Waals surface area contributed by atoms with Crippen LogP contribution in [0, 0.1) is 11.8 Å². The van der Waals surface area contributed by atoms with Crippen molar-refractivity contribution in [3.8, 4) is 0 Å². The Bertz CT molecular complexity index is 966. The predicted molar refractivity (Wildman–Crippen MR) is 115 cm³/mol. The summed E-state index contributed by atoms with van der Waals surface area (Å²) in [6.45, 7) is 8.26. The summed E-state index contributed by atoms with van der Waals surface area (Å²) in [6.07, 6.45) is 3.32. The summed E-state index contributed by atoms with van der Waals surface area (Å²) in [5, 5.41) is 22.4. The highest BCUT2D eigenvalue weighted by Gasteiger charge is 2.28. The second-order valence-electron chi connectivity index (χ2n) is 8.11. The molecule has 1 aromatic heterocycles. The molecule has 2 unspecified atom stereocenters. The zero-order valence-electron chi connectivity index (χ0n) is 17.2. The minimum atomic E-state index is 0.532. The molecule has 1 fully saturated rings. The van der Waals surface area contributed by atoms with E-state index in [0.29, 0.717) is 28.6 Å². The van der Waals surface area contributed by atoms with Gasteiger partial charge in [-0.2, -0.15) is 10.2 Å². The number of benzene rings is 2. The molecule has 0 spiro atoms. The number of nitrogens with zero attached hydrogens (tertiary/aromatic N) is 4. The van der Waals surface area contributed by atoms with E-state index >= 15 is 0 Å². The van der Waals surface area contributed by atoms with Crippen LogP contribution in [0.1, 0.15) is 39.2 Å². The van der Waals surface area contributed by atoms with Crippen LogP contribution in [0.3, 0.4) is 0 Å². The maximum absolute atomic E-state index is 10.9. The fourth-order valence-electron chi connectivity index (χ4n) is 4.21. The fourth-order valence-corrected chi connectivity index (χ4v) is 5.26. The minimum Gasteiger partial charge on any atom is -0.273 e. The van der Waals surface area contributed by atoms with E-state index in [0.717, 1.165) is 30.8 Å². The Labute approximate surface area is 175 Å². The van der Waals surface area contributed by atoms with Gasteiger partial charge < -0.3 is 0 Å². The molecule has 2 aromatic carbocycles. The van der Waals surface area contributed by atoms with Gasteiger partial charge in [0, 0.05) is 22.9 Å². The zero-order chi connectivity index (χ0) is 20.4. The minimum absolute atomic E-state index is 0.532. The van der Waals surface area contributed by atoms with Crippen LogP contribution in [-0.2, 0) is 6.42 Å². The highest BCUT2D eigenvalue weighted by molar-refractivity contribution is 7.99. The van der Waals surface area contributed by atoms with Crippen LogP contribution < -0.4 is 5.17 Å². The third kappa shape index (κ3) is 4.27. The first-order valence-corrected chi connectivity index (χ1v) is 11.1. The number of rotatable bonds is 6. The molecule has 7 heteroatoms. The lowest BCUT2D eigenvalue weighted by atomic mass is 9.93. The average molecular weight is 413 g/mol. The molecule has 1 N–H and O–H groups in total. The number of aromatic nitrogens is 2. The summed E-state index contributed by atoms with van der Waals surface area (Å²) in [4.78, 5) is 2.19. The lowest BCUT2D eigenvalue weighted by Crippen LogP contribution is -2.48. The van der Waals surface area contributed by atoms with E-state index in [4.69, 9.17) is 4.63 Å². The van der Waals surface area contributed by atoms with Crippen molar-refractivity contribution in [2.75, 3.05) is 18.3 Å². The molecule has 4 rings (SSSR count). The van der Waals surface area contributed by atoms with Crippen LogP contribution in [0.2, 0.25) is 0 Å². The molecular weight excluding hydrogens is 384 g/mol. The van der Waals surface area contributed by atoms with Crippen LogP contribution >= 0.6 is 11.8 Å². The maximum Gasteiger partial charge on any atom is 0.163 e. The third-order valence-electron chi connectivity index (χ3n) is 5.40. The molecule has 2 heterocycles. The number of hydrogen-bond donors (Lipinski definition) is 1. The Morgan fingerprint density at radius 1 is 1.07 bits per heavy atom. The molecular formula is C22H28N4O2S. The molecule has 3 aromatic rings. The SMILES string of the molecule is CCCc1ccccc1Sc1ccc(N(O)N2CC(C)CC(C)C2)c2nonc12. The van der Waals surface area contributed by atoms with Crippen molar-refractivity contribution < 1.29 is 9.84 Å². The summed E-state index contributed by atoms with van der Waals surface area (Å²) in [6, 6.07) is 12.3. The van der Waals surface area contributed by atoms with Crippen LogP contribution in [0.4, 0.5) is 5.69 Å². The van der Waals surface area contributed by atoms with E-state index in [1.807, 2.05) is 17.1 Å². The molecule has 0 radical (unpaired) electrons. The first-order valence-electron chi connectivity index (χ1n) is 10.3. The van der Waals surface area contributed by atoms with Crippen molar-refractivity contribution in [2.45, 2.75) is 49.8 Å². The number of hydrogen-bond acceptors (Lipinski definition) is 7. The number of hydrazine groups is 1. The van der Waals surface area contributed by atoms with E-state index in [-0.39, 0.29) is 0 Å². The summed E-state index contributed by atoms with van der Waals surface area (Å²) < 4.78 is 5.07. The lowest BCUT2D eigenvalue weighted by molar-refractivity contribution is 0.0176. The average Bonchev–Trinajstić information content (AvgIpc) is 3.19. The number of aryl methyl sites for hydroxylation is 1. The Kier molecular flexibility index (Phi) is 6.08. The molecule has 29 heavy (non-hydrogen) atoms. The zero-order valence-corrected chi connectivity index (χ0v) is 18.0. The summed E-state index contributed by atoms with van der Waals surface area (Å²) in [7, 11) is 0. The molecule has 0 amide bonds. The van der Waals surface area contributed by atoms with Crippen LogP contribution in [0.25, 0.3) is 11.0 Å². The molecule has 6 nitrogen and oxygen atoms in total. The monoisotopic (exact) mass is 412 g/mol. The third-order valence-corrected chi connectivity index (χ3v) is 6.57. The van der Waals surface area contributed by atoms with Gasteiger partial charge in [0.25, 0.3) is 0 Å². The Morgan fingerprint density at radius 2 is 1.79 bits per heavy atom. The second-order valence-corrected chi connectivity index (χ2v) is 9.19. The van der Waals surface area contributed by atoms with Gasteiger partial charge in [0.15, 0.2) is 11.0 Å². The van der Waals surface area contributed by atoms with E-state index < -0.39 is 0 Å². The van der Waals surface area contributed by atoms with Crippen LogP contribution in [0.15, 0.2) is 50.8 Å². The topological polar surface area (TPSA) is 65.6 Å². The van der Waals surface area contributed by atoms with Gasteiger partial charge in [-0.15, -0.1) is 0 Å². The molecule has 1 aliphatic rings. The maximum atomic E-state index is 10.9. The molecule has 154 valence electrons. The molecule has 0 aliphatic carbocycles. The van der Waals surface area contributed by atoms with Crippen molar-refractivity contribution in [3.05, 3.63) is 42.0 Å². The van der Waals surface area contributed by atoms with Gasteiger partial charge in [-0.3, -0.25) is 5.21 Å². The van der Waals surface area contributed by atoms with Gasteiger partial charge in [-0.05, 0) is 58.8 Å². The van der Waals surface area contributed by atoms with E-state index in [1.165, 1.54) is 22.1 Å². The Morgan fingerprint density at radius 3 is 2.55 bits per heavy atom. The van der Waals surface area contributed by atoms with Gasteiger partial charge >= 0.3 is 0 Å². The van der Waals surface area contributed by atoms with Crippen molar-refractivity contribution >= 4 is 28.5 Å². The molecule has 0 saturated carbocycles. The lowest BCUT2D eigenvalue weighted by Gasteiger charge is -2.39.